The van der Waals surface area contributed by atoms with E-state index >= 15 is 0 Å². The van der Waals surface area contributed by atoms with Gasteiger partial charge in [-0.1, -0.05) is 130 Å². The number of unbranched alkanes of at least 4 members (excludes halogenated alkanes) is 4. The number of rotatable bonds is 14. The van der Waals surface area contributed by atoms with Gasteiger partial charge in [-0.25, -0.2) is 0 Å². The van der Waals surface area contributed by atoms with Crippen LogP contribution in [0.15, 0.2) is 91.0 Å². The highest BCUT2D eigenvalue weighted by atomic mass is 32.2. The van der Waals surface area contributed by atoms with Gasteiger partial charge in [-0.3, -0.25) is 4.79 Å². The first-order chi connectivity index (χ1) is 16.6. The van der Waals surface area contributed by atoms with Crippen molar-refractivity contribution in [2.45, 2.75) is 56.3 Å². The van der Waals surface area contributed by atoms with Gasteiger partial charge in [-0.2, -0.15) is 0 Å². The van der Waals surface area contributed by atoms with Crippen molar-refractivity contribution in [2.75, 3.05) is 5.75 Å². The Morgan fingerprint density at radius 1 is 0.765 bits per heavy atom. The number of aliphatic hydroxyl groups is 1. The van der Waals surface area contributed by atoms with Crippen LogP contribution >= 0.6 is 11.8 Å². The van der Waals surface area contributed by atoms with Crippen LogP contribution in [0.3, 0.4) is 0 Å². The van der Waals surface area contributed by atoms with Crippen LogP contribution in [0.5, 0.6) is 0 Å². The van der Waals surface area contributed by atoms with Crippen LogP contribution in [-0.2, 0) is 9.54 Å². The van der Waals surface area contributed by atoms with Crippen molar-refractivity contribution < 1.29 is 15.0 Å². The molecule has 3 nitrogen and oxygen atoms in total. The summed E-state index contributed by atoms with van der Waals surface area (Å²) in [6.07, 6.45) is 4.87. The van der Waals surface area contributed by atoms with Crippen molar-refractivity contribution in [3.8, 4) is 0 Å². The molecule has 0 saturated heterocycles. The molecule has 0 aliphatic rings. The van der Waals surface area contributed by atoms with Gasteiger partial charge in [0.15, 0.2) is 0 Å². The summed E-state index contributed by atoms with van der Waals surface area (Å²) in [5.74, 6) is -1.34. The van der Waals surface area contributed by atoms with E-state index in [9.17, 15) is 15.0 Å². The van der Waals surface area contributed by atoms with Gasteiger partial charge < -0.3 is 10.2 Å². The van der Waals surface area contributed by atoms with Crippen molar-refractivity contribution >= 4 is 17.7 Å². The summed E-state index contributed by atoms with van der Waals surface area (Å²) in [5.41, 5.74) is 3.32. The van der Waals surface area contributed by atoms with E-state index in [1.165, 1.54) is 6.42 Å². The van der Waals surface area contributed by atoms with Crippen molar-refractivity contribution in [1.29, 1.82) is 0 Å². The summed E-state index contributed by atoms with van der Waals surface area (Å²) >= 11 is 1.62. The molecule has 34 heavy (non-hydrogen) atoms. The molecule has 0 fully saturated rings. The second-order valence-electron chi connectivity index (χ2n) is 8.81. The van der Waals surface area contributed by atoms with Gasteiger partial charge in [0.05, 0.1) is 16.8 Å². The second kappa shape index (κ2) is 13.4. The van der Waals surface area contributed by atoms with Crippen LogP contribution in [0.25, 0.3) is 0 Å². The molecular formula is C30H36O3S. The molecule has 0 aromatic heterocycles. The molecule has 4 heteroatoms. The summed E-state index contributed by atoms with van der Waals surface area (Å²) in [5, 5.41) is 20.9. The van der Waals surface area contributed by atoms with Gasteiger partial charge >= 0.3 is 5.97 Å². The molecule has 0 saturated carbocycles. The average molecular weight is 477 g/mol. The molecule has 0 aliphatic heterocycles. The van der Waals surface area contributed by atoms with Crippen LogP contribution in [0.1, 0.15) is 62.1 Å². The van der Waals surface area contributed by atoms with Crippen molar-refractivity contribution in [3.05, 3.63) is 108 Å². The number of carboxylic acid groups (broad SMARTS) is 1. The van der Waals surface area contributed by atoms with Gasteiger partial charge in [-0.05, 0) is 23.1 Å². The fourth-order valence-corrected chi connectivity index (χ4v) is 6.10. The number of hydrogen-bond donors (Lipinski definition) is 2. The SMILES string of the molecule is CCCCCCCC(C(=O)O)C(O)CSC(c1ccccc1)(c1ccccc1)c1ccccc1. The smallest absolute Gasteiger partial charge is 0.309 e. The maximum absolute atomic E-state index is 12.0. The Hall–Kier alpha value is -2.56. The highest BCUT2D eigenvalue weighted by molar-refractivity contribution is 8.00. The van der Waals surface area contributed by atoms with E-state index in [2.05, 4.69) is 43.3 Å². The monoisotopic (exact) mass is 476 g/mol. The Balaban J connectivity index is 1.91. The Kier molecular flexibility index (Phi) is 10.2. The van der Waals surface area contributed by atoms with Gasteiger partial charge in [0.25, 0.3) is 0 Å². The van der Waals surface area contributed by atoms with Gasteiger partial charge in [-0.15, -0.1) is 11.8 Å². The number of benzene rings is 3. The van der Waals surface area contributed by atoms with Crippen LogP contribution in [0.4, 0.5) is 0 Å². The largest absolute Gasteiger partial charge is 0.481 e. The quantitative estimate of drug-likeness (QED) is 0.192. The molecule has 2 atom stereocenters. The number of thioether (sulfide) groups is 1. The standard InChI is InChI=1S/C30H36O3S/c1-2-3-4-5-15-22-27(29(32)33)28(31)23-34-30(24-16-9-6-10-17-24,25-18-11-7-12-19-25)26-20-13-8-14-21-26/h6-14,16-21,27-28,31H,2-5,15,22-23H2,1H3,(H,32,33). The fraction of sp³-hybridized carbons (Fsp3) is 0.367. The van der Waals surface area contributed by atoms with E-state index in [0.717, 1.165) is 42.4 Å². The molecule has 3 aromatic rings. The summed E-state index contributed by atoms with van der Waals surface area (Å²) in [7, 11) is 0. The summed E-state index contributed by atoms with van der Waals surface area (Å²) in [6, 6.07) is 30.9. The van der Waals surface area contributed by atoms with Gasteiger partial charge in [0.2, 0.25) is 0 Å². The minimum Gasteiger partial charge on any atom is -0.481 e. The van der Waals surface area contributed by atoms with Gasteiger partial charge in [0, 0.05) is 5.75 Å². The van der Waals surface area contributed by atoms with E-state index < -0.39 is 22.7 Å². The van der Waals surface area contributed by atoms with Crippen LogP contribution < -0.4 is 0 Å². The molecule has 2 N–H and O–H groups in total. The van der Waals surface area contributed by atoms with Crippen molar-refractivity contribution in [1.82, 2.24) is 0 Å². The summed E-state index contributed by atoms with van der Waals surface area (Å²) < 4.78 is -0.561. The first-order valence-electron chi connectivity index (χ1n) is 12.3. The van der Waals surface area contributed by atoms with Crippen LogP contribution in [0, 0.1) is 5.92 Å². The maximum atomic E-state index is 12.0. The zero-order chi connectivity index (χ0) is 24.2. The normalized spacial score (nSPS) is 13.4. The number of aliphatic carboxylic acids is 1. The summed E-state index contributed by atoms with van der Waals surface area (Å²) in [6.45, 7) is 2.17. The van der Waals surface area contributed by atoms with Gasteiger partial charge in [0.1, 0.15) is 0 Å². The van der Waals surface area contributed by atoms with E-state index in [0.29, 0.717) is 12.2 Å². The number of aliphatic hydroxyl groups excluding tert-OH is 1. The highest BCUT2D eigenvalue weighted by Crippen LogP contribution is 2.48. The van der Waals surface area contributed by atoms with E-state index in [-0.39, 0.29) is 0 Å². The van der Waals surface area contributed by atoms with E-state index in [1.807, 2.05) is 54.6 Å². The predicted octanol–water partition coefficient (Wildman–Crippen LogP) is 7.13. The highest BCUT2D eigenvalue weighted by Gasteiger charge is 2.38. The number of hydrogen-bond acceptors (Lipinski definition) is 3. The third kappa shape index (κ3) is 6.52. The third-order valence-corrected chi connectivity index (χ3v) is 8.06. The minimum absolute atomic E-state index is 0.324. The molecule has 2 unspecified atom stereocenters. The first kappa shape index (κ1) is 26.1. The zero-order valence-electron chi connectivity index (χ0n) is 20.0. The number of carbonyl (C=O) groups is 1. The molecule has 0 amide bonds. The third-order valence-electron chi connectivity index (χ3n) is 6.41. The Bertz CT molecular complexity index is 879. The van der Waals surface area contributed by atoms with Crippen molar-refractivity contribution in [2.24, 2.45) is 5.92 Å². The predicted molar refractivity (Wildman–Crippen MR) is 142 cm³/mol. The Morgan fingerprint density at radius 3 is 1.62 bits per heavy atom. The molecule has 0 aliphatic carbocycles. The molecule has 3 rings (SSSR count). The minimum atomic E-state index is -0.927. The second-order valence-corrected chi connectivity index (χ2v) is 10.0. The zero-order valence-corrected chi connectivity index (χ0v) is 20.8. The maximum Gasteiger partial charge on any atom is 0.309 e. The molecule has 3 aromatic carbocycles. The lowest BCUT2D eigenvalue weighted by Crippen LogP contribution is -2.33. The molecule has 180 valence electrons. The molecule has 0 bridgehead atoms. The average Bonchev–Trinajstić information content (AvgIpc) is 2.88. The fourth-order valence-electron chi connectivity index (χ4n) is 4.54. The lowest BCUT2D eigenvalue weighted by atomic mass is 9.84. The number of carboxylic acids is 1. The van der Waals surface area contributed by atoms with E-state index in [1.54, 1.807) is 11.8 Å². The molecule has 0 heterocycles. The molecular weight excluding hydrogens is 440 g/mol. The van der Waals surface area contributed by atoms with Crippen LogP contribution in [-0.4, -0.2) is 28.0 Å². The topological polar surface area (TPSA) is 57.5 Å². The summed E-state index contributed by atoms with van der Waals surface area (Å²) in [4.78, 5) is 12.0. The van der Waals surface area contributed by atoms with Crippen molar-refractivity contribution in [3.63, 3.8) is 0 Å². The van der Waals surface area contributed by atoms with Crippen LogP contribution in [0.2, 0.25) is 0 Å². The first-order valence-corrected chi connectivity index (χ1v) is 13.3. The Labute approximate surface area is 208 Å². The lowest BCUT2D eigenvalue weighted by Gasteiger charge is -2.36. The Morgan fingerprint density at radius 2 is 1.21 bits per heavy atom. The van der Waals surface area contributed by atoms with E-state index in [4.69, 9.17) is 0 Å². The lowest BCUT2D eigenvalue weighted by molar-refractivity contribution is -0.145. The molecule has 0 spiro atoms. The molecule has 0 radical (unpaired) electrons.